The second-order valence-corrected chi connectivity index (χ2v) is 3.50. The van der Waals surface area contributed by atoms with E-state index in [0.717, 1.165) is 30.6 Å². The lowest BCUT2D eigenvalue weighted by atomic mass is 10.2. The highest BCUT2D eigenvalue weighted by Gasteiger charge is 1.98. The Hall–Kier alpha value is -1.56. The second kappa shape index (κ2) is 6.02. The van der Waals surface area contributed by atoms with Gasteiger partial charge in [-0.15, -0.1) is 0 Å². The smallest absolute Gasteiger partial charge is 0.125 e. The Morgan fingerprint density at radius 2 is 2.20 bits per heavy atom. The Bertz CT molecular complexity index is 355. The van der Waals surface area contributed by atoms with E-state index < -0.39 is 0 Å². The summed E-state index contributed by atoms with van der Waals surface area (Å²) in [6.45, 7) is 2.73. The number of benzene rings is 1. The quantitative estimate of drug-likeness (QED) is 0.751. The molecule has 0 aliphatic heterocycles. The first kappa shape index (κ1) is 11.5. The lowest BCUT2D eigenvalue weighted by molar-refractivity contribution is 0.627. The van der Waals surface area contributed by atoms with Gasteiger partial charge in [-0.2, -0.15) is 5.26 Å². The van der Waals surface area contributed by atoms with Crippen LogP contribution < -0.4 is 5.32 Å². The van der Waals surface area contributed by atoms with Crippen molar-refractivity contribution in [2.75, 3.05) is 11.9 Å². The number of hydrogen-bond acceptors (Lipinski definition) is 2. The van der Waals surface area contributed by atoms with E-state index in [1.54, 1.807) is 6.07 Å². The topological polar surface area (TPSA) is 35.8 Å². The zero-order chi connectivity index (χ0) is 11.1. The third kappa shape index (κ3) is 3.99. The number of hydrogen-bond donors (Lipinski definition) is 1. The molecule has 1 aromatic rings. The zero-order valence-electron chi connectivity index (χ0n) is 8.89. The molecule has 0 atom stereocenters. The predicted molar refractivity (Wildman–Crippen MR) is 59.1 cm³/mol. The average Bonchev–Trinajstić information content (AvgIpc) is 2.23. The molecule has 1 aromatic carbocycles. The molecule has 0 amide bonds. The normalized spacial score (nSPS) is 9.67. The Morgan fingerprint density at radius 1 is 1.40 bits per heavy atom. The number of rotatable bonds is 5. The largest absolute Gasteiger partial charge is 0.385 e. The molecule has 0 fully saturated rings. The Kier molecular flexibility index (Phi) is 4.62. The van der Waals surface area contributed by atoms with Crippen LogP contribution >= 0.6 is 0 Å². The standard InChI is InChI=1S/C12H15FN2/c1-10-5-6-11(13)9-12(10)15-8-4-2-3-7-14/h5-6,9,15H,2-4,8H2,1H3. The lowest BCUT2D eigenvalue weighted by Gasteiger charge is -2.08. The van der Waals surface area contributed by atoms with Gasteiger partial charge in [0.15, 0.2) is 0 Å². The molecule has 1 N–H and O–H groups in total. The molecular weight excluding hydrogens is 191 g/mol. The fourth-order valence-corrected chi connectivity index (χ4v) is 1.34. The van der Waals surface area contributed by atoms with Crippen LogP contribution in [0.4, 0.5) is 10.1 Å². The van der Waals surface area contributed by atoms with Gasteiger partial charge in [0.25, 0.3) is 0 Å². The van der Waals surface area contributed by atoms with Gasteiger partial charge in [0, 0.05) is 18.7 Å². The third-order valence-corrected chi connectivity index (χ3v) is 2.23. The maximum atomic E-state index is 12.9. The van der Waals surface area contributed by atoms with Gasteiger partial charge < -0.3 is 5.32 Å². The SMILES string of the molecule is Cc1ccc(F)cc1NCCCCC#N. The number of unbranched alkanes of at least 4 members (excludes halogenated alkanes) is 2. The monoisotopic (exact) mass is 206 g/mol. The molecule has 0 heterocycles. The first-order valence-electron chi connectivity index (χ1n) is 5.11. The van der Waals surface area contributed by atoms with Crippen molar-refractivity contribution in [1.29, 1.82) is 5.26 Å². The minimum absolute atomic E-state index is 0.222. The molecule has 0 saturated carbocycles. The molecule has 0 aromatic heterocycles. The van der Waals surface area contributed by atoms with Crippen molar-refractivity contribution in [3.8, 4) is 6.07 Å². The van der Waals surface area contributed by atoms with E-state index >= 15 is 0 Å². The maximum Gasteiger partial charge on any atom is 0.125 e. The molecule has 3 heteroatoms. The molecule has 80 valence electrons. The molecule has 0 aliphatic carbocycles. The first-order valence-corrected chi connectivity index (χ1v) is 5.11. The van der Waals surface area contributed by atoms with Crippen LogP contribution in [0, 0.1) is 24.1 Å². The molecule has 0 aliphatic rings. The minimum atomic E-state index is -0.222. The van der Waals surface area contributed by atoms with E-state index in [0.29, 0.717) is 6.42 Å². The summed E-state index contributed by atoms with van der Waals surface area (Å²) in [7, 11) is 0. The molecule has 15 heavy (non-hydrogen) atoms. The van der Waals surface area contributed by atoms with Gasteiger partial charge in [0.2, 0.25) is 0 Å². The summed E-state index contributed by atoms with van der Waals surface area (Å²) in [6, 6.07) is 6.81. The van der Waals surface area contributed by atoms with E-state index in [2.05, 4.69) is 11.4 Å². The second-order valence-electron chi connectivity index (χ2n) is 3.50. The predicted octanol–water partition coefficient (Wildman–Crippen LogP) is 3.24. The summed E-state index contributed by atoms with van der Waals surface area (Å²) < 4.78 is 12.9. The van der Waals surface area contributed by atoms with E-state index in [1.807, 2.05) is 6.92 Å². The first-order chi connectivity index (χ1) is 7.24. The van der Waals surface area contributed by atoms with Crippen LogP contribution in [0.25, 0.3) is 0 Å². The molecule has 2 nitrogen and oxygen atoms in total. The van der Waals surface area contributed by atoms with Crippen LogP contribution in [0.3, 0.4) is 0 Å². The third-order valence-electron chi connectivity index (χ3n) is 2.23. The summed E-state index contributed by atoms with van der Waals surface area (Å²) in [5.74, 6) is -0.222. The summed E-state index contributed by atoms with van der Waals surface area (Å²) in [6.07, 6.45) is 2.41. The summed E-state index contributed by atoms with van der Waals surface area (Å²) in [5, 5.41) is 11.5. The Morgan fingerprint density at radius 3 is 2.93 bits per heavy atom. The molecule has 0 bridgehead atoms. The fourth-order valence-electron chi connectivity index (χ4n) is 1.34. The summed E-state index contributed by atoms with van der Waals surface area (Å²) in [4.78, 5) is 0. The van der Waals surface area contributed by atoms with Gasteiger partial charge in [-0.25, -0.2) is 4.39 Å². The van der Waals surface area contributed by atoms with E-state index in [1.165, 1.54) is 12.1 Å². The van der Waals surface area contributed by atoms with Crippen molar-refractivity contribution >= 4 is 5.69 Å². The maximum absolute atomic E-state index is 12.9. The van der Waals surface area contributed by atoms with Crippen LogP contribution in [-0.2, 0) is 0 Å². The number of nitriles is 1. The van der Waals surface area contributed by atoms with Gasteiger partial charge in [0.1, 0.15) is 5.82 Å². The lowest BCUT2D eigenvalue weighted by Crippen LogP contribution is -2.03. The van der Waals surface area contributed by atoms with Gasteiger partial charge in [0.05, 0.1) is 6.07 Å². The van der Waals surface area contributed by atoms with Crippen molar-refractivity contribution in [2.45, 2.75) is 26.2 Å². The molecule has 1 rings (SSSR count). The van der Waals surface area contributed by atoms with Crippen molar-refractivity contribution in [2.24, 2.45) is 0 Å². The molecular formula is C12H15FN2. The van der Waals surface area contributed by atoms with Crippen LogP contribution in [-0.4, -0.2) is 6.54 Å². The van der Waals surface area contributed by atoms with E-state index in [4.69, 9.17) is 5.26 Å². The van der Waals surface area contributed by atoms with Crippen LogP contribution in [0.5, 0.6) is 0 Å². The molecule has 0 saturated heterocycles. The molecule has 0 unspecified atom stereocenters. The summed E-state index contributed by atoms with van der Waals surface area (Å²) >= 11 is 0. The van der Waals surface area contributed by atoms with E-state index in [9.17, 15) is 4.39 Å². The Labute approximate surface area is 89.7 Å². The number of anilines is 1. The minimum Gasteiger partial charge on any atom is -0.385 e. The van der Waals surface area contributed by atoms with Gasteiger partial charge in [-0.1, -0.05) is 6.07 Å². The number of aryl methyl sites for hydroxylation is 1. The number of halogens is 1. The van der Waals surface area contributed by atoms with Gasteiger partial charge in [-0.05, 0) is 37.5 Å². The van der Waals surface area contributed by atoms with Gasteiger partial charge in [-0.3, -0.25) is 0 Å². The van der Waals surface area contributed by atoms with Crippen LogP contribution in [0.15, 0.2) is 18.2 Å². The highest BCUT2D eigenvalue weighted by atomic mass is 19.1. The highest BCUT2D eigenvalue weighted by molar-refractivity contribution is 5.50. The van der Waals surface area contributed by atoms with Crippen molar-refractivity contribution in [3.63, 3.8) is 0 Å². The van der Waals surface area contributed by atoms with Gasteiger partial charge >= 0.3 is 0 Å². The number of nitrogens with one attached hydrogen (secondary N) is 1. The van der Waals surface area contributed by atoms with E-state index in [-0.39, 0.29) is 5.82 Å². The Balaban J connectivity index is 2.37. The van der Waals surface area contributed by atoms with Crippen LogP contribution in [0.1, 0.15) is 24.8 Å². The average molecular weight is 206 g/mol. The number of nitrogens with zero attached hydrogens (tertiary/aromatic N) is 1. The molecule has 0 spiro atoms. The fraction of sp³-hybridized carbons (Fsp3) is 0.417. The highest BCUT2D eigenvalue weighted by Crippen LogP contribution is 2.15. The van der Waals surface area contributed by atoms with Crippen molar-refractivity contribution in [3.05, 3.63) is 29.6 Å². The molecule has 0 radical (unpaired) electrons. The van der Waals surface area contributed by atoms with Crippen molar-refractivity contribution in [1.82, 2.24) is 0 Å². The van der Waals surface area contributed by atoms with Crippen LogP contribution in [0.2, 0.25) is 0 Å². The summed E-state index contributed by atoms with van der Waals surface area (Å²) in [5.41, 5.74) is 1.88. The zero-order valence-corrected chi connectivity index (χ0v) is 8.89. The van der Waals surface area contributed by atoms with Crippen molar-refractivity contribution < 1.29 is 4.39 Å².